The molecule has 142 valence electrons. The second kappa shape index (κ2) is 9.47. The molecular formula is C22H27ClN4. The van der Waals surface area contributed by atoms with Crippen LogP contribution in [0.25, 0.3) is 0 Å². The highest BCUT2D eigenvalue weighted by molar-refractivity contribution is 6.30. The van der Waals surface area contributed by atoms with Gasteiger partial charge in [-0.15, -0.1) is 0 Å². The second-order valence-corrected chi connectivity index (χ2v) is 7.36. The van der Waals surface area contributed by atoms with Crippen molar-refractivity contribution in [2.45, 2.75) is 25.7 Å². The molecule has 3 rings (SSSR count). The Labute approximate surface area is 166 Å². The molecule has 1 aliphatic heterocycles. The van der Waals surface area contributed by atoms with Crippen LogP contribution in [0.4, 0.5) is 11.4 Å². The molecule has 5 heteroatoms. The largest absolute Gasteiger partial charge is 0.398 e. The number of unbranched alkanes of at least 4 members (excludes halogenated alkanes) is 2. The van der Waals surface area contributed by atoms with Gasteiger partial charge in [-0.25, -0.2) is 0 Å². The van der Waals surface area contributed by atoms with E-state index in [0.29, 0.717) is 5.69 Å². The highest BCUT2D eigenvalue weighted by Gasteiger charge is 2.11. The van der Waals surface area contributed by atoms with E-state index < -0.39 is 0 Å². The molecule has 0 bridgehead atoms. The van der Waals surface area contributed by atoms with Gasteiger partial charge in [-0.05, 0) is 49.1 Å². The van der Waals surface area contributed by atoms with Crippen LogP contribution >= 0.6 is 11.6 Å². The summed E-state index contributed by atoms with van der Waals surface area (Å²) in [5.41, 5.74) is 9.84. The molecular weight excluding hydrogens is 356 g/mol. The van der Waals surface area contributed by atoms with Gasteiger partial charge in [0.2, 0.25) is 0 Å². The second-order valence-electron chi connectivity index (χ2n) is 6.93. The lowest BCUT2D eigenvalue weighted by Gasteiger charge is -2.31. The van der Waals surface area contributed by atoms with Gasteiger partial charge in [-0.2, -0.15) is 0 Å². The molecule has 0 spiro atoms. The van der Waals surface area contributed by atoms with Crippen molar-refractivity contribution in [2.24, 2.45) is 0 Å². The molecule has 0 aliphatic carbocycles. The third-order valence-corrected chi connectivity index (χ3v) is 5.18. The van der Waals surface area contributed by atoms with Gasteiger partial charge < -0.3 is 20.9 Å². The third-order valence-electron chi connectivity index (χ3n) is 4.94. The number of nitrogens with two attached hydrogens (primary N) is 1. The van der Waals surface area contributed by atoms with Gasteiger partial charge in [0.25, 0.3) is 0 Å². The number of hydrogen-bond acceptors (Lipinski definition) is 4. The van der Waals surface area contributed by atoms with Gasteiger partial charge in [-0.1, -0.05) is 36.2 Å². The summed E-state index contributed by atoms with van der Waals surface area (Å²) in [5, 5.41) is 8.07. The Kier molecular flexibility index (Phi) is 6.77. The van der Waals surface area contributed by atoms with Crippen LogP contribution in [0.1, 0.15) is 30.4 Å². The Morgan fingerprint density at radius 3 is 2.63 bits per heavy atom. The number of nitrogens with one attached hydrogen (secondary N) is 1. The number of halogens is 1. The minimum atomic E-state index is 0.699. The molecule has 0 saturated carbocycles. The van der Waals surface area contributed by atoms with Crippen molar-refractivity contribution in [3.8, 4) is 0 Å². The van der Waals surface area contributed by atoms with E-state index in [2.05, 4.69) is 34.3 Å². The van der Waals surface area contributed by atoms with E-state index in [-0.39, 0.29) is 0 Å². The van der Waals surface area contributed by atoms with Crippen molar-refractivity contribution < 1.29 is 0 Å². The lowest BCUT2D eigenvalue weighted by atomic mass is 10.0. The fourth-order valence-electron chi connectivity index (χ4n) is 3.35. The zero-order chi connectivity index (χ0) is 19.1. The summed E-state index contributed by atoms with van der Waals surface area (Å²) in [6.07, 6.45) is 10.2. The van der Waals surface area contributed by atoms with Crippen LogP contribution in [0.2, 0.25) is 5.02 Å². The van der Waals surface area contributed by atoms with E-state index in [1.165, 1.54) is 24.6 Å². The predicted molar refractivity (Wildman–Crippen MR) is 116 cm³/mol. The maximum atomic E-state index is 7.29. The quantitative estimate of drug-likeness (QED) is 0.387. The molecule has 0 radical (unpaired) electrons. The van der Waals surface area contributed by atoms with E-state index in [1.807, 2.05) is 30.3 Å². The Balaban J connectivity index is 1.37. The monoisotopic (exact) mass is 382 g/mol. The van der Waals surface area contributed by atoms with E-state index >= 15 is 0 Å². The summed E-state index contributed by atoms with van der Waals surface area (Å²) in [4.78, 5) is 4.63. The number of hydrogen-bond donors (Lipinski definition) is 2. The van der Waals surface area contributed by atoms with E-state index in [1.54, 1.807) is 0 Å². The van der Waals surface area contributed by atoms with Gasteiger partial charge in [-0.3, -0.25) is 0 Å². The standard InChI is InChI=1S/C22H27ClN4/c23-20-6-4-7-21(16-20)27-13-11-26(12-14-27)10-3-1-2-5-18-8-9-19(17-24)22(25)15-18/h4,6-9,11,13,15-17,24H,1-3,5,10,12,14,25H2. The summed E-state index contributed by atoms with van der Waals surface area (Å²) in [7, 11) is 0. The topological polar surface area (TPSA) is 56.4 Å². The van der Waals surface area contributed by atoms with Crippen molar-refractivity contribution in [1.82, 2.24) is 4.90 Å². The zero-order valence-corrected chi connectivity index (χ0v) is 16.3. The Morgan fingerprint density at radius 2 is 1.93 bits per heavy atom. The number of nitrogens with zero attached hydrogens (tertiary/aromatic N) is 2. The minimum absolute atomic E-state index is 0.699. The third kappa shape index (κ3) is 5.51. The SMILES string of the molecule is N=Cc1ccc(CCCCCN2C=CN(c3cccc(Cl)c3)CC2)cc1N. The Hall–Kier alpha value is -2.46. The van der Waals surface area contributed by atoms with Crippen LogP contribution in [0, 0.1) is 5.41 Å². The zero-order valence-electron chi connectivity index (χ0n) is 15.6. The maximum absolute atomic E-state index is 7.29. The van der Waals surface area contributed by atoms with Crippen LogP contribution in [0.5, 0.6) is 0 Å². The molecule has 1 heterocycles. The van der Waals surface area contributed by atoms with Crippen LogP contribution in [-0.2, 0) is 6.42 Å². The predicted octanol–water partition coefficient (Wildman–Crippen LogP) is 4.93. The molecule has 0 unspecified atom stereocenters. The van der Waals surface area contributed by atoms with Crippen LogP contribution in [0.3, 0.4) is 0 Å². The molecule has 0 aromatic heterocycles. The summed E-state index contributed by atoms with van der Waals surface area (Å²) in [6, 6.07) is 14.0. The Morgan fingerprint density at radius 1 is 1.04 bits per heavy atom. The molecule has 0 atom stereocenters. The van der Waals surface area contributed by atoms with Crippen LogP contribution < -0.4 is 10.6 Å². The van der Waals surface area contributed by atoms with Crippen molar-refractivity contribution in [1.29, 1.82) is 5.41 Å². The molecule has 4 nitrogen and oxygen atoms in total. The normalized spacial score (nSPS) is 13.8. The van der Waals surface area contributed by atoms with E-state index in [4.69, 9.17) is 22.7 Å². The van der Waals surface area contributed by atoms with E-state index in [0.717, 1.165) is 48.7 Å². The summed E-state index contributed by atoms with van der Waals surface area (Å²) < 4.78 is 0. The van der Waals surface area contributed by atoms with Gasteiger partial charge in [0.05, 0.1) is 0 Å². The van der Waals surface area contributed by atoms with E-state index in [9.17, 15) is 0 Å². The van der Waals surface area contributed by atoms with Gasteiger partial charge >= 0.3 is 0 Å². The molecule has 27 heavy (non-hydrogen) atoms. The van der Waals surface area contributed by atoms with Gasteiger partial charge in [0, 0.05) is 60.2 Å². The fraction of sp³-hybridized carbons (Fsp3) is 0.318. The molecule has 1 aliphatic rings. The number of aryl methyl sites for hydroxylation is 1. The van der Waals surface area contributed by atoms with Crippen molar-refractivity contribution in [3.63, 3.8) is 0 Å². The summed E-state index contributed by atoms with van der Waals surface area (Å²) >= 11 is 6.08. The first-order valence-electron chi connectivity index (χ1n) is 9.49. The molecule has 0 saturated heterocycles. The molecule has 3 N–H and O–H groups in total. The number of nitrogen functional groups attached to an aromatic ring is 1. The van der Waals surface area contributed by atoms with Crippen molar-refractivity contribution in [2.75, 3.05) is 30.3 Å². The lowest BCUT2D eigenvalue weighted by Crippen LogP contribution is -2.35. The molecule has 2 aromatic rings. The molecule has 0 amide bonds. The van der Waals surface area contributed by atoms with Gasteiger partial charge in [0.1, 0.15) is 0 Å². The number of anilines is 2. The lowest BCUT2D eigenvalue weighted by molar-refractivity contribution is 0.358. The fourth-order valence-corrected chi connectivity index (χ4v) is 3.53. The first kappa shape index (κ1) is 19.3. The van der Waals surface area contributed by atoms with Gasteiger partial charge in [0.15, 0.2) is 0 Å². The summed E-state index contributed by atoms with van der Waals surface area (Å²) in [5.74, 6) is 0. The summed E-state index contributed by atoms with van der Waals surface area (Å²) in [6.45, 7) is 3.11. The molecule has 2 aromatic carbocycles. The number of rotatable bonds is 8. The average molecular weight is 383 g/mol. The first-order valence-corrected chi connectivity index (χ1v) is 9.87. The van der Waals surface area contributed by atoms with Crippen molar-refractivity contribution in [3.05, 3.63) is 71.0 Å². The maximum Gasteiger partial charge on any atom is 0.0426 e. The minimum Gasteiger partial charge on any atom is -0.398 e. The first-order chi connectivity index (χ1) is 13.2. The smallest absolute Gasteiger partial charge is 0.0426 e. The highest BCUT2D eigenvalue weighted by atomic mass is 35.5. The van der Waals surface area contributed by atoms with Crippen LogP contribution in [-0.4, -0.2) is 30.7 Å². The molecule has 0 fully saturated rings. The van der Waals surface area contributed by atoms with Crippen molar-refractivity contribution >= 4 is 29.2 Å². The Bertz CT molecular complexity index is 803. The average Bonchev–Trinajstić information content (AvgIpc) is 2.68. The van der Waals surface area contributed by atoms with Crippen LogP contribution in [0.15, 0.2) is 54.9 Å². The number of benzene rings is 2. The highest BCUT2D eigenvalue weighted by Crippen LogP contribution is 2.21.